The molecule has 0 saturated heterocycles. The Morgan fingerprint density at radius 3 is 2.32 bits per heavy atom. The zero-order chi connectivity index (χ0) is 14.8. The molecule has 0 heterocycles. The van der Waals surface area contributed by atoms with Crippen molar-refractivity contribution in [1.29, 1.82) is 0 Å². The highest BCUT2D eigenvalue weighted by Crippen LogP contribution is 2.02. The van der Waals surface area contributed by atoms with Gasteiger partial charge in [0.05, 0.1) is 0 Å². The van der Waals surface area contributed by atoms with Crippen molar-refractivity contribution in [2.75, 3.05) is 20.1 Å². The molecule has 0 atom stereocenters. The Morgan fingerprint density at radius 1 is 1.21 bits per heavy atom. The maximum Gasteiger partial charge on any atom is 0.317 e. The number of nitrogens with one attached hydrogen (secondary N) is 2. The normalized spacial score (nSPS) is 10.1. The van der Waals surface area contributed by atoms with Gasteiger partial charge in [-0.25, -0.2) is 4.79 Å². The third-order valence-corrected chi connectivity index (χ3v) is 2.58. The SMILES string of the molecule is CNC(=O)CCNC(=O)N(CCCC(=O)O)C(C)C. The van der Waals surface area contributed by atoms with Gasteiger partial charge in [-0.3, -0.25) is 9.59 Å². The highest BCUT2D eigenvalue weighted by atomic mass is 16.4. The minimum absolute atomic E-state index is 0.0196. The number of carboxylic acid groups (broad SMARTS) is 1. The van der Waals surface area contributed by atoms with Gasteiger partial charge in [-0.1, -0.05) is 0 Å². The lowest BCUT2D eigenvalue weighted by atomic mass is 10.2. The quantitative estimate of drug-likeness (QED) is 0.596. The number of aliphatic carboxylic acids is 1. The molecule has 3 amide bonds. The van der Waals surface area contributed by atoms with E-state index < -0.39 is 5.97 Å². The van der Waals surface area contributed by atoms with E-state index in [1.807, 2.05) is 13.8 Å². The van der Waals surface area contributed by atoms with E-state index in [0.717, 1.165) is 0 Å². The van der Waals surface area contributed by atoms with Crippen LogP contribution in [-0.4, -0.2) is 54.1 Å². The van der Waals surface area contributed by atoms with Crippen molar-refractivity contribution in [3.05, 3.63) is 0 Å². The highest BCUT2D eigenvalue weighted by Gasteiger charge is 2.16. The molecule has 0 aliphatic heterocycles. The van der Waals surface area contributed by atoms with Crippen LogP contribution in [0.5, 0.6) is 0 Å². The fourth-order valence-corrected chi connectivity index (χ4v) is 1.50. The van der Waals surface area contributed by atoms with Crippen LogP contribution in [-0.2, 0) is 9.59 Å². The molecule has 19 heavy (non-hydrogen) atoms. The number of amides is 3. The summed E-state index contributed by atoms with van der Waals surface area (Å²) in [6, 6.07) is -0.293. The van der Waals surface area contributed by atoms with Gasteiger partial charge >= 0.3 is 12.0 Å². The predicted octanol–water partition coefficient (Wildman–Crippen LogP) is 0.407. The number of rotatable bonds is 8. The van der Waals surface area contributed by atoms with Crippen molar-refractivity contribution in [3.8, 4) is 0 Å². The lowest BCUT2D eigenvalue weighted by Crippen LogP contribution is -2.45. The van der Waals surface area contributed by atoms with Crippen LogP contribution in [0.15, 0.2) is 0 Å². The van der Waals surface area contributed by atoms with Gasteiger partial charge in [0.25, 0.3) is 0 Å². The van der Waals surface area contributed by atoms with E-state index in [2.05, 4.69) is 10.6 Å². The molecule has 110 valence electrons. The molecule has 7 nitrogen and oxygen atoms in total. The van der Waals surface area contributed by atoms with Crippen LogP contribution in [0.4, 0.5) is 4.79 Å². The molecule has 3 N–H and O–H groups in total. The van der Waals surface area contributed by atoms with Crippen LogP contribution in [0.25, 0.3) is 0 Å². The molecule has 0 aliphatic carbocycles. The lowest BCUT2D eigenvalue weighted by molar-refractivity contribution is -0.137. The molecular formula is C12H23N3O4. The van der Waals surface area contributed by atoms with Crippen molar-refractivity contribution in [3.63, 3.8) is 0 Å². The molecule has 0 radical (unpaired) electrons. The van der Waals surface area contributed by atoms with E-state index >= 15 is 0 Å². The molecular weight excluding hydrogens is 250 g/mol. The van der Waals surface area contributed by atoms with E-state index in [1.54, 1.807) is 4.90 Å². The van der Waals surface area contributed by atoms with Gasteiger partial charge in [0.15, 0.2) is 0 Å². The Labute approximate surface area is 113 Å². The molecule has 0 bridgehead atoms. The molecule has 0 saturated carbocycles. The van der Waals surface area contributed by atoms with Gasteiger partial charge in [-0.05, 0) is 20.3 Å². The lowest BCUT2D eigenvalue weighted by Gasteiger charge is -2.26. The molecule has 0 fully saturated rings. The van der Waals surface area contributed by atoms with Crippen molar-refractivity contribution in [2.45, 2.75) is 39.2 Å². The zero-order valence-electron chi connectivity index (χ0n) is 11.7. The largest absolute Gasteiger partial charge is 0.481 e. The summed E-state index contributed by atoms with van der Waals surface area (Å²) in [6.07, 6.45) is 0.675. The first-order valence-corrected chi connectivity index (χ1v) is 6.35. The number of carboxylic acids is 1. The number of carbonyl (C=O) groups excluding carboxylic acids is 2. The summed E-state index contributed by atoms with van der Waals surface area (Å²) in [4.78, 5) is 34.9. The zero-order valence-corrected chi connectivity index (χ0v) is 11.7. The van der Waals surface area contributed by atoms with E-state index in [-0.39, 0.29) is 37.4 Å². The number of nitrogens with zero attached hydrogens (tertiary/aromatic N) is 1. The molecule has 0 aromatic rings. The summed E-state index contributed by atoms with van der Waals surface area (Å²) >= 11 is 0. The van der Waals surface area contributed by atoms with Crippen LogP contribution in [0.1, 0.15) is 33.1 Å². The summed E-state index contributed by atoms with van der Waals surface area (Å²) in [7, 11) is 1.54. The van der Waals surface area contributed by atoms with Crippen molar-refractivity contribution >= 4 is 17.9 Å². The monoisotopic (exact) mass is 273 g/mol. The topological polar surface area (TPSA) is 98.7 Å². The average molecular weight is 273 g/mol. The Kier molecular flexibility index (Phi) is 8.32. The van der Waals surface area contributed by atoms with Gasteiger partial charge in [0.1, 0.15) is 0 Å². The second-order valence-electron chi connectivity index (χ2n) is 4.44. The average Bonchev–Trinajstić information content (AvgIpc) is 2.33. The Hall–Kier alpha value is -1.79. The van der Waals surface area contributed by atoms with Crippen molar-refractivity contribution in [1.82, 2.24) is 15.5 Å². The van der Waals surface area contributed by atoms with E-state index in [1.165, 1.54) is 7.05 Å². The summed E-state index contributed by atoms with van der Waals surface area (Å²) < 4.78 is 0. The van der Waals surface area contributed by atoms with Crippen LogP contribution in [0, 0.1) is 0 Å². The molecule has 0 rings (SSSR count). The molecule has 0 aromatic carbocycles. The fourth-order valence-electron chi connectivity index (χ4n) is 1.50. The van der Waals surface area contributed by atoms with Gasteiger partial charge in [-0.15, -0.1) is 0 Å². The number of carbonyl (C=O) groups is 3. The van der Waals surface area contributed by atoms with E-state index in [9.17, 15) is 14.4 Å². The van der Waals surface area contributed by atoms with Gasteiger partial charge in [0.2, 0.25) is 5.91 Å². The van der Waals surface area contributed by atoms with Crippen LogP contribution in [0.2, 0.25) is 0 Å². The number of hydrogen-bond donors (Lipinski definition) is 3. The first-order chi connectivity index (χ1) is 8.88. The highest BCUT2D eigenvalue weighted by molar-refractivity contribution is 5.78. The van der Waals surface area contributed by atoms with Gasteiger partial charge in [0, 0.05) is 39.0 Å². The van der Waals surface area contributed by atoms with Crippen molar-refractivity contribution < 1.29 is 19.5 Å². The maximum atomic E-state index is 11.9. The first kappa shape index (κ1) is 17.2. The van der Waals surface area contributed by atoms with E-state index in [0.29, 0.717) is 13.0 Å². The molecule has 0 spiro atoms. The second kappa shape index (κ2) is 9.18. The minimum atomic E-state index is -0.872. The van der Waals surface area contributed by atoms with Crippen LogP contribution < -0.4 is 10.6 Å². The molecule has 0 unspecified atom stereocenters. The summed E-state index contributed by atoms with van der Waals surface area (Å²) in [5.74, 6) is -1.01. The standard InChI is InChI=1S/C12H23N3O4/c1-9(2)15(8-4-5-11(17)18)12(19)14-7-6-10(16)13-3/h9H,4-8H2,1-3H3,(H,13,16)(H,14,19)(H,17,18). The van der Waals surface area contributed by atoms with Gasteiger partial charge in [-0.2, -0.15) is 0 Å². The first-order valence-electron chi connectivity index (χ1n) is 6.35. The fraction of sp³-hybridized carbons (Fsp3) is 0.750. The summed E-state index contributed by atoms with van der Waals surface area (Å²) in [6.45, 7) is 4.37. The molecule has 0 aromatic heterocycles. The smallest absolute Gasteiger partial charge is 0.317 e. The van der Waals surface area contributed by atoms with Crippen LogP contribution in [0.3, 0.4) is 0 Å². The minimum Gasteiger partial charge on any atom is -0.481 e. The predicted molar refractivity (Wildman–Crippen MR) is 70.8 cm³/mol. The van der Waals surface area contributed by atoms with Crippen LogP contribution >= 0.6 is 0 Å². The third kappa shape index (κ3) is 8.01. The number of urea groups is 1. The summed E-state index contributed by atoms with van der Waals surface area (Å²) in [5.41, 5.74) is 0. The Balaban J connectivity index is 4.11. The van der Waals surface area contributed by atoms with E-state index in [4.69, 9.17) is 5.11 Å². The summed E-state index contributed by atoms with van der Waals surface area (Å²) in [5, 5.41) is 13.7. The Morgan fingerprint density at radius 2 is 1.84 bits per heavy atom. The molecule has 0 aliphatic rings. The van der Waals surface area contributed by atoms with Crippen molar-refractivity contribution in [2.24, 2.45) is 0 Å². The second-order valence-corrected chi connectivity index (χ2v) is 4.44. The third-order valence-electron chi connectivity index (χ3n) is 2.58. The molecule has 7 heteroatoms. The van der Waals surface area contributed by atoms with Gasteiger partial charge < -0.3 is 20.6 Å². The number of hydrogen-bond acceptors (Lipinski definition) is 3. The Bertz CT molecular complexity index is 318. The maximum absolute atomic E-state index is 11.9.